The molecule has 0 aliphatic carbocycles. The van der Waals surface area contributed by atoms with E-state index < -0.39 is 17.4 Å². The third-order valence-electron chi connectivity index (χ3n) is 1.73. The zero-order chi connectivity index (χ0) is 12.2. The first-order chi connectivity index (χ1) is 6.72. The van der Waals surface area contributed by atoms with Gasteiger partial charge in [-0.1, -0.05) is 0 Å². The van der Waals surface area contributed by atoms with Gasteiger partial charge in [-0.25, -0.2) is 0 Å². The Morgan fingerprint density at radius 1 is 0.875 bits per heavy atom. The van der Waals surface area contributed by atoms with Gasteiger partial charge in [0.25, 0.3) is 5.79 Å². The van der Waals surface area contributed by atoms with Crippen molar-refractivity contribution in [1.29, 1.82) is 0 Å². The molecule has 94 valence electrons. The molecule has 0 aromatic rings. The normalized spacial score (nSPS) is 11.5. The maximum Gasteiger partial charge on any atom is 0.290 e. The van der Waals surface area contributed by atoms with E-state index in [0.29, 0.717) is 0 Å². The molecule has 4 nitrogen and oxygen atoms in total. The maximum atomic E-state index is 11.5. The lowest BCUT2D eigenvalue weighted by Crippen LogP contribution is -2.52. The summed E-state index contributed by atoms with van der Waals surface area (Å²) in [6, 6.07) is 0. The van der Waals surface area contributed by atoms with Gasteiger partial charge in [-0.05, 0) is 27.7 Å². The van der Waals surface area contributed by atoms with Crippen LogP contribution in [0.1, 0.15) is 41.5 Å². The summed E-state index contributed by atoms with van der Waals surface area (Å²) in [5, 5.41) is 0. The molecule has 0 aliphatic rings. The summed E-state index contributed by atoms with van der Waals surface area (Å²) in [6.45, 7) is 9.61. The second-order valence-corrected chi connectivity index (χ2v) is 4.06. The molecule has 0 saturated heterocycles. The predicted molar refractivity (Wildman–Crippen MR) is 66.5 cm³/mol. The summed E-state index contributed by atoms with van der Waals surface area (Å²) in [5.74, 6) is -2.57. The summed E-state index contributed by atoms with van der Waals surface area (Å²) in [7, 11) is 0. The van der Waals surface area contributed by atoms with E-state index in [1.807, 2.05) is 0 Å². The number of carbonyl (C=O) groups excluding carboxylic acids is 2. The number of ether oxygens (including phenoxy) is 2. The Hall–Kier alpha value is -0.208. The van der Waals surface area contributed by atoms with Crippen molar-refractivity contribution in [2.24, 2.45) is 0 Å². The first-order valence-corrected chi connectivity index (χ1v) is 5.10. The van der Waals surface area contributed by atoms with Gasteiger partial charge in [0.15, 0.2) is 28.9 Å². The van der Waals surface area contributed by atoms with E-state index in [4.69, 9.17) is 9.47 Å². The van der Waals surface area contributed by atoms with Crippen molar-refractivity contribution in [3.05, 3.63) is 0 Å². The topological polar surface area (TPSA) is 52.6 Å². The van der Waals surface area contributed by atoms with Gasteiger partial charge in [-0.15, -0.1) is 0 Å². The van der Waals surface area contributed by atoms with Crippen molar-refractivity contribution in [1.82, 2.24) is 0 Å². The monoisotopic (exact) mass is 246 g/mol. The van der Waals surface area contributed by atoms with Crippen LogP contribution in [0, 0.1) is 0 Å². The van der Waals surface area contributed by atoms with Gasteiger partial charge in [-0.3, -0.25) is 9.59 Å². The van der Waals surface area contributed by atoms with Gasteiger partial charge in [-0.2, -0.15) is 0 Å². The second kappa shape index (κ2) is 7.18. The molecule has 0 aromatic heterocycles. The third kappa shape index (κ3) is 4.75. The Balaban J connectivity index is 0. The Morgan fingerprint density at radius 3 is 1.25 bits per heavy atom. The lowest BCUT2D eigenvalue weighted by molar-refractivity contribution is -0.242. The molecule has 0 saturated carbocycles. The Kier molecular flexibility index (Phi) is 8.16. The zero-order valence-corrected chi connectivity index (χ0v) is 10.3. The molecule has 0 aliphatic heterocycles. The quantitative estimate of drug-likeness (QED) is 0.389. The van der Waals surface area contributed by atoms with Crippen molar-refractivity contribution in [3.8, 4) is 0 Å². The van der Waals surface area contributed by atoms with Crippen LogP contribution >= 0.6 is 0 Å². The summed E-state index contributed by atoms with van der Waals surface area (Å²) in [4.78, 5) is 23.0. The van der Waals surface area contributed by atoms with Crippen molar-refractivity contribution in [2.45, 2.75) is 59.5 Å². The lowest BCUT2D eigenvalue weighted by atomic mass is 10.1. The SMILES string of the molecule is CC(=O)C(OC(C)C)(OC(C)C)C(C)=O.[AlH3]. The average molecular weight is 246 g/mol. The van der Waals surface area contributed by atoms with Crippen LogP contribution in [-0.4, -0.2) is 46.9 Å². The van der Waals surface area contributed by atoms with Gasteiger partial charge >= 0.3 is 0 Å². The number of hydrogen-bond donors (Lipinski definition) is 0. The molecule has 5 heteroatoms. The van der Waals surface area contributed by atoms with E-state index in [-0.39, 0.29) is 29.6 Å². The maximum absolute atomic E-state index is 11.5. The largest absolute Gasteiger partial charge is 0.335 e. The number of hydrogen-bond acceptors (Lipinski definition) is 4. The molecule has 0 amide bonds. The van der Waals surface area contributed by atoms with Crippen LogP contribution in [0.4, 0.5) is 0 Å². The zero-order valence-electron chi connectivity index (χ0n) is 10.3. The molecule has 0 fully saturated rings. The summed E-state index contributed by atoms with van der Waals surface area (Å²) in [5.41, 5.74) is 0. The van der Waals surface area contributed by atoms with E-state index >= 15 is 0 Å². The fourth-order valence-corrected chi connectivity index (χ4v) is 1.27. The number of ketones is 2. The minimum Gasteiger partial charge on any atom is -0.335 e. The van der Waals surface area contributed by atoms with Crippen LogP contribution in [0.3, 0.4) is 0 Å². The average Bonchev–Trinajstić information content (AvgIpc) is 1.99. The Bertz CT molecular complexity index is 222. The van der Waals surface area contributed by atoms with Gasteiger partial charge in [0.2, 0.25) is 0 Å². The standard InChI is InChI=1S/C11H20O4.Al.3H/c1-7(2)14-11(9(5)12,10(6)13)15-8(3)4;;;;/h7-8H,1-6H3;;;;. The highest BCUT2D eigenvalue weighted by Gasteiger charge is 2.44. The highest BCUT2D eigenvalue weighted by Crippen LogP contribution is 2.21. The van der Waals surface area contributed by atoms with E-state index in [1.54, 1.807) is 27.7 Å². The molecular formula is C11H23AlO4. The van der Waals surface area contributed by atoms with E-state index in [2.05, 4.69) is 0 Å². The minimum absolute atomic E-state index is 0. The van der Waals surface area contributed by atoms with Gasteiger partial charge < -0.3 is 9.47 Å². The Labute approximate surface area is 108 Å². The predicted octanol–water partition coefficient (Wildman–Crippen LogP) is 0.527. The van der Waals surface area contributed by atoms with Crippen LogP contribution in [0.2, 0.25) is 0 Å². The fourth-order valence-electron chi connectivity index (χ4n) is 1.27. The van der Waals surface area contributed by atoms with Crippen LogP contribution < -0.4 is 0 Å². The molecule has 0 unspecified atom stereocenters. The van der Waals surface area contributed by atoms with Crippen LogP contribution in [-0.2, 0) is 19.1 Å². The highest BCUT2D eigenvalue weighted by molar-refractivity contribution is 6.06. The molecule has 0 rings (SSSR count). The fraction of sp³-hybridized carbons (Fsp3) is 0.818. The van der Waals surface area contributed by atoms with Crippen molar-refractivity contribution < 1.29 is 19.1 Å². The Morgan fingerprint density at radius 2 is 1.12 bits per heavy atom. The lowest BCUT2D eigenvalue weighted by Gasteiger charge is -2.32. The highest BCUT2D eigenvalue weighted by atomic mass is 27.0. The summed E-state index contributed by atoms with van der Waals surface area (Å²) >= 11 is 0. The first kappa shape index (κ1) is 18.2. The van der Waals surface area contributed by atoms with Gasteiger partial charge in [0.1, 0.15) is 0 Å². The molecule has 0 spiro atoms. The van der Waals surface area contributed by atoms with Crippen molar-refractivity contribution in [3.63, 3.8) is 0 Å². The minimum atomic E-state index is -1.73. The summed E-state index contributed by atoms with van der Waals surface area (Å²) in [6.07, 6.45) is -0.506. The van der Waals surface area contributed by atoms with Crippen molar-refractivity contribution >= 4 is 28.9 Å². The first-order valence-electron chi connectivity index (χ1n) is 5.10. The number of rotatable bonds is 6. The third-order valence-corrected chi connectivity index (χ3v) is 1.73. The molecule has 0 heterocycles. The molecule has 0 radical (unpaired) electrons. The van der Waals surface area contributed by atoms with E-state index in [9.17, 15) is 9.59 Å². The molecule has 0 aromatic carbocycles. The second-order valence-electron chi connectivity index (χ2n) is 4.06. The number of Topliss-reactive ketones (excluding diaryl/α,β-unsaturated/α-hetero) is 2. The van der Waals surface area contributed by atoms with E-state index in [1.165, 1.54) is 13.8 Å². The molecule has 0 bridgehead atoms. The number of carbonyl (C=O) groups is 2. The van der Waals surface area contributed by atoms with Crippen LogP contribution in [0.15, 0.2) is 0 Å². The van der Waals surface area contributed by atoms with Gasteiger partial charge in [0.05, 0.1) is 12.2 Å². The van der Waals surface area contributed by atoms with E-state index in [0.717, 1.165) is 0 Å². The summed E-state index contributed by atoms with van der Waals surface area (Å²) < 4.78 is 10.7. The molecular weight excluding hydrogens is 223 g/mol. The van der Waals surface area contributed by atoms with Gasteiger partial charge in [0, 0.05) is 13.8 Å². The van der Waals surface area contributed by atoms with Crippen LogP contribution in [0.25, 0.3) is 0 Å². The molecule has 0 N–H and O–H groups in total. The van der Waals surface area contributed by atoms with Crippen LogP contribution in [0.5, 0.6) is 0 Å². The molecule has 0 atom stereocenters. The molecule has 16 heavy (non-hydrogen) atoms. The van der Waals surface area contributed by atoms with Crippen molar-refractivity contribution in [2.75, 3.05) is 0 Å². The smallest absolute Gasteiger partial charge is 0.290 e.